The molecule has 1 fully saturated rings. The molecule has 2 amide bonds. The smallest absolute Gasteiger partial charge is 0.238 e. The van der Waals surface area contributed by atoms with E-state index in [2.05, 4.69) is 30.3 Å². The number of hydrogen-bond acceptors (Lipinski definition) is 4. The Kier molecular flexibility index (Phi) is 10.5. The predicted molar refractivity (Wildman–Crippen MR) is 174 cm³/mol. The molecule has 3 atom stereocenters. The molecule has 2 heterocycles. The highest BCUT2D eigenvalue weighted by Crippen LogP contribution is 2.59. The van der Waals surface area contributed by atoms with Gasteiger partial charge in [0.15, 0.2) is 11.6 Å². The molecule has 0 aromatic heterocycles. The minimum Gasteiger partial charge on any atom is -0.491 e. The summed E-state index contributed by atoms with van der Waals surface area (Å²) in [4.78, 5) is 27.1. The first kappa shape index (κ1) is 33.9. The molecule has 0 radical (unpaired) electrons. The highest BCUT2D eigenvalue weighted by Gasteiger charge is 2.62. The zero-order chi connectivity index (χ0) is 32.4. The Labute approximate surface area is 268 Å². The Morgan fingerprint density at radius 3 is 2.34 bits per heavy atom. The van der Waals surface area contributed by atoms with E-state index < -0.39 is 48.9 Å². The highest BCUT2D eigenvalue weighted by atomic mass is 35.5. The molecule has 2 N–H and O–H groups in total. The lowest BCUT2D eigenvalue weighted by molar-refractivity contribution is -0.131. The predicted octanol–water partition coefficient (Wildman–Crippen LogP) is 8.26. The highest BCUT2D eigenvalue weighted by molar-refractivity contribution is 6.76. The standard InChI is InChI=1S/C27H22Cl2F2N2O3.C6H16OSi/c1-13(2)36-21-9-8-19(30)24(31)23(21)25-27(17-7-6-16(29)11-20(17)32-26(27)35)18(12-22(34)33-25)14-4-3-5-15(28)10-14;1-7-5-6-8(2,3)4/h3-11,13,18,25H,12H2,1-2H3,(H,32,35)(H,33,34);5-6H2,1-4H3/t18-,25-,27-;/m0./s1. The maximum atomic E-state index is 15.6. The van der Waals surface area contributed by atoms with Gasteiger partial charge in [0.05, 0.1) is 17.7 Å². The van der Waals surface area contributed by atoms with E-state index >= 15 is 4.39 Å². The van der Waals surface area contributed by atoms with Gasteiger partial charge in [0.1, 0.15) is 11.2 Å². The van der Waals surface area contributed by atoms with Gasteiger partial charge >= 0.3 is 0 Å². The van der Waals surface area contributed by atoms with Crippen LogP contribution >= 0.6 is 23.2 Å². The Morgan fingerprint density at radius 2 is 1.73 bits per heavy atom. The van der Waals surface area contributed by atoms with Crippen molar-refractivity contribution in [3.63, 3.8) is 0 Å². The van der Waals surface area contributed by atoms with Crippen LogP contribution in [0.2, 0.25) is 35.7 Å². The zero-order valence-corrected chi connectivity index (χ0v) is 28.2. The number of anilines is 1. The van der Waals surface area contributed by atoms with Crippen LogP contribution in [0.4, 0.5) is 14.5 Å². The summed E-state index contributed by atoms with van der Waals surface area (Å²) in [5.74, 6) is -3.94. The number of carbonyl (C=O) groups is 2. The minimum atomic E-state index is -1.55. The first-order chi connectivity index (χ1) is 20.7. The summed E-state index contributed by atoms with van der Waals surface area (Å²) in [6, 6.07) is 14.0. The lowest BCUT2D eigenvalue weighted by Gasteiger charge is -2.46. The van der Waals surface area contributed by atoms with Crippen LogP contribution < -0.4 is 15.4 Å². The van der Waals surface area contributed by atoms with E-state index in [0.29, 0.717) is 26.9 Å². The fraction of sp³-hybridized carbons (Fsp3) is 0.394. The van der Waals surface area contributed by atoms with Crippen LogP contribution in [0.1, 0.15) is 48.9 Å². The van der Waals surface area contributed by atoms with Crippen LogP contribution in [0.25, 0.3) is 0 Å². The van der Waals surface area contributed by atoms with Crippen molar-refractivity contribution in [2.24, 2.45) is 0 Å². The molecule has 0 saturated carbocycles. The van der Waals surface area contributed by atoms with Crippen LogP contribution in [-0.2, 0) is 19.7 Å². The Morgan fingerprint density at radius 1 is 1.02 bits per heavy atom. The number of nitrogens with one attached hydrogen (secondary N) is 2. The van der Waals surface area contributed by atoms with E-state index in [-0.39, 0.29) is 23.8 Å². The molecule has 0 bridgehead atoms. The summed E-state index contributed by atoms with van der Waals surface area (Å²) in [5, 5.41) is 6.46. The largest absolute Gasteiger partial charge is 0.491 e. The van der Waals surface area contributed by atoms with Gasteiger partial charge < -0.3 is 20.1 Å². The van der Waals surface area contributed by atoms with E-state index in [9.17, 15) is 14.0 Å². The first-order valence-electron chi connectivity index (χ1n) is 14.5. The number of rotatable bonds is 7. The molecule has 1 saturated heterocycles. The number of halogens is 4. The third-order valence-electron chi connectivity index (χ3n) is 7.80. The normalized spacial score (nSPS) is 21.0. The second-order valence-electron chi connectivity index (χ2n) is 12.6. The van der Waals surface area contributed by atoms with Gasteiger partial charge in [0, 0.05) is 49.9 Å². The lowest BCUT2D eigenvalue weighted by atomic mass is 9.59. The van der Waals surface area contributed by atoms with Crippen LogP contribution in [0, 0.1) is 11.6 Å². The van der Waals surface area contributed by atoms with Crippen LogP contribution in [0.15, 0.2) is 54.6 Å². The number of carbonyl (C=O) groups excluding carboxylic acids is 2. The van der Waals surface area contributed by atoms with Gasteiger partial charge in [-0.25, -0.2) is 8.78 Å². The van der Waals surface area contributed by atoms with Crippen molar-refractivity contribution in [3.05, 3.63) is 93.0 Å². The Hall–Kier alpha value is -2.98. The molecule has 5 rings (SSSR count). The number of piperidine rings is 1. The monoisotopic (exact) mass is 662 g/mol. The number of ether oxygens (including phenoxy) is 2. The van der Waals surface area contributed by atoms with Gasteiger partial charge in [-0.15, -0.1) is 0 Å². The van der Waals surface area contributed by atoms with Crippen molar-refractivity contribution in [1.29, 1.82) is 0 Å². The van der Waals surface area contributed by atoms with Crippen LogP contribution in [0.3, 0.4) is 0 Å². The van der Waals surface area contributed by atoms with Crippen molar-refractivity contribution >= 4 is 48.8 Å². The molecule has 0 aliphatic carbocycles. The average molecular weight is 664 g/mol. The van der Waals surface area contributed by atoms with Gasteiger partial charge in [-0.05, 0) is 67.4 Å². The third-order valence-corrected chi connectivity index (χ3v) is 9.98. The number of fused-ring (bicyclic) bond motifs is 2. The summed E-state index contributed by atoms with van der Waals surface area (Å²) < 4.78 is 41.1. The lowest BCUT2D eigenvalue weighted by Crippen LogP contribution is -2.57. The van der Waals surface area contributed by atoms with E-state index in [1.165, 1.54) is 12.1 Å². The SMILES string of the molecule is CC(C)Oc1ccc(F)c(F)c1[C@@H]1NC(=O)C[C@@H](c2cccc(Cl)c2)[C@]12C(=O)Nc1cc(Cl)ccc12.COCC[Si](C)(C)C. The van der Waals surface area contributed by atoms with Gasteiger partial charge in [0.25, 0.3) is 0 Å². The number of methoxy groups -OCH3 is 1. The number of hydrogen-bond donors (Lipinski definition) is 2. The van der Waals surface area contributed by atoms with Crippen molar-refractivity contribution in [3.8, 4) is 5.75 Å². The fourth-order valence-corrected chi connectivity index (χ4v) is 7.02. The van der Waals surface area contributed by atoms with E-state index in [0.717, 1.165) is 12.7 Å². The second-order valence-corrected chi connectivity index (χ2v) is 19.1. The maximum absolute atomic E-state index is 15.6. The molecule has 2 aliphatic rings. The second kappa shape index (κ2) is 13.6. The topological polar surface area (TPSA) is 76.7 Å². The number of amides is 2. The summed E-state index contributed by atoms with van der Waals surface area (Å²) >= 11 is 12.5. The quantitative estimate of drug-likeness (QED) is 0.250. The minimum absolute atomic E-state index is 0.0375. The van der Waals surface area contributed by atoms with E-state index in [1.54, 1.807) is 63.4 Å². The molecular formula is C33H38Cl2F2N2O4Si. The van der Waals surface area contributed by atoms with Crippen LogP contribution in [0.5, 0.6) is 5.75 Å². The molecule has 3 aromatic rings. The summed E-state index contributed by atoms with van der Waals surface area (Å²) in [5.41, 5.74) is -0.234. The zero-order valence-electron chi connectivity index (χ0n) is 25.7. The molecule has 11 heteroatoms. The molecule has 0 unspecified atom stereocenters. The van der Waals surface area contributed by atoms with Gasteiger partial charge in [0.2, 0.25) is 11.8 Å². The Bertz CT molecular complexity index is 1550. The summed E-state index contributed by atoms with van der Waals surface area (Å²) in [7, 11) is 0.961. The summed E-state index contributed by atoms with van der Waals surface area (Å²) in [6.07, 6.45) is -0.458. The third kappa shape index (κ3) is 6.96. The van der Waals surface area contributed by atoms with Crippen molar-refractivity contribution < 1.29 is 27.8 Å². The first-order valence-corrected chi connectivity index (χ1v) is 18.9. The molecule has 3 aromatic carbocycles. The van der Waals surface area contributed by atoms with Gasteiger partial charge in [-0.3, -0.25) is 9.59 Å². The molecule has 6 nitrogen and oxygen atoms in total. The number of benzene rings is 3. The molecular weight excluding hydrogens is 625 g/mol. The fourth-order valence-electron chi connectivity index (χ4n) is 5.83. The van der Waals surface area contributed by atoms with Crippen LogP contribution in [-0.4, -0.2) is 39.7 Å². The van der Waals surface area contributed by atoms with Crippen molar-refractivity contribution in [1.82, 2.24) is 5.32 Å². The molecule has 1 spiro atoms. The van der Waals surface area contributed by atoms with Crippen molar-refractivity contribution in [2.75, 3.05) is 19.0 Å². The molecule has 236 valence electrons. The molecule has 2 aliphatic heterocycles. The summed E-state index contributed by atoms with van der Waals surface area (Å²) in [6.45, 7) is 11.5. The van der Waals surface area contributed by atoms with E-state index in [1.807, 2.05) is 0 Å². The van der Waals surface area contributed by atoms with E-state index in [4.69, 9.17) is 32.7 Å². The average Bonchev–Trinajstić information content (AvgIpc) is 3.21. The van der Waals surface area contributed by atoms with Gasteiger partial charge in [-0.1, -0.05) is 61.0 Å². The van der Waals surface area contributed by atoms with Crippen molar-refractivity contribution in [2.45, 2.75) is 69.4 Å². The van der Waals surface area contributed by atoms with Gasteiger partial charge in [-0.2, -0.15) is 0 Å². The Balaban J connectivity index is 0.000000488. The maximum Gasteiger partial charge on any atom is 0.238 e. The molecule has 44 heavy (non-hydrogen) atoms.